The second-order valence-electron chi connectivity index (χ2n) is 5.53. The van der Waals surface area contributed by atoms with Gasteiger partial charge in [0.25, 0.3) is 0 Å². The molecule has 0 aliphatic rings. The lowest BCUT2D eigenvalue weighted by atomic mass is 10.2. The average molecular weight is 408 g/mol. The van der Waals surface area contributed by atoms with Gasteiger partial charge >= 0.3 is 0 Å². The zero-order valence-electron chi connectivity index (χ0n) is 16.7. The fourth-order valence-electron chi connectivity index (χ4n) is 2.50. The van der Waals surface area contributed by atoms with Crippen molar-refractivity contribution in [2.24, 2.45) is 0 Å². The average Bonchev–Trinajstić information content (AvgIpc) is 2.75. The normalized spacial score (nSPS) is 11.6. The van der Waals surface area contributed by atoms with E-state index in [0.29, 0.717) is 35.2 Å². The Kier molecular flexibility index (Phi) is 8.51. The van der Waals surface area contributed by atoms with Crippen LogP contribution >= 0.6 is 8.15 Å². The van der Waals surface area contributed by atoms with Gasteiger partial charge in [0.15, 0.2) is 0 Å². The van der Waals surface area contributed by atoms with Crippen molar-refractivity contribution >= 4 is 19.0 Å². The monoisotopic (exact) mass is 408 g/mol. The van der Waals surface area contributed by atoms with Gasteiger partial charge in [-0.1, -0.05) is 0 Å². The smallest absolute Gasteiger partial charge is 0.223 e. The SMILES string of the molecule is COCCOP(C(=O)c1c(OC)cc(OC)cc1OC)c1ccc(OC)cc1. The topological polar surface area (TPSA) is 72.5 Å². The van der Waals surface area contributed by atoms with Crippen molar-refractivity contribution in [3.8, 4) is 23.0 Å². The Balaban J connectivity index is 2.48. The molecule has 0 saturated heterocycles. The quantitative estimate of drug-likeness (QED) is 0.417. The Morgan fingerprint density at radius 2 is 1.36 bits per heavy atom. The van der Waals surface area contributed by atoms with Crippen molar-refractivity contribution in [2.75, 3.05) is 48.8 Å². The Morgan fingerprint density at radius 1 is 0.786 bits per heavy atom. The van der Waals surface area contributed by atoms with Crippen LogP contribution < -0.4 is 24.3 Å². The maximum absolute atomic E-state index is 13.5. The maximum Gasteiger partial charge on any atom is 0.223 e. The van der Waals surface area contributed by atoms with E-state index in [1.54, 1.807) is 38.5 Å². The zero-order chi connectivity index (χ0) is 20.5. The van der Waals surface area contributed by atoms with Crippen LogP contribution in [-0.2, 0) is 9.26 Å². The van der Waals surface area contributed by atoms with Crippen LogP contribution in [0.5, 0.6) is 23.0 Å². The number of carbonyl (C=O) groups is 1. The van der Waals surface area contributed by atoms with Crippen LogP contribution in [0.3, 0.4) is 0 Å². The molecule has 0 amide bonds. The Hall–Kier alpha value is -2.34. The van der Waals surface area contributed by atoms with Gasteiger partial charge in [-0.3, -0.25) is 4.79 Å². The summed E-state index contributed by atoms with van der Waals surface area (Å²) in [4.78, 5) is 13.5. The van der Waals surface area contributed by atoms with Crippen molar-refractivity contribution in [3.63, 3.8) is 0 Å². The first-order chi connectivity index (χ1) is 13.6. The summed E-state index contributed by atoms with van der Waals surface area (Å²) >= 11 is 0. The van der Waals surface area contributed by atoms with E-state index in [4.69, 9.17) is 28.2 Å². The van der Waals surface area contributed by atoms with Crippen molar-refractivity contribution < 1.29 is 33.0 Å². The van der Waals surface area contributed by atoms with Crippen LogP contribution in [-0.4, -0.2) is 54.3 Å². The largest absolute Gasteiger partial charge is 0.497 e. The highest BCUT2D eigenvalue weighted by molar-refractivity contribution is 7.78. The molecule has 0 bridgehead atoms. The Morgan fingerprint density at radius 3 is 1.82 bits per heavy atom. The first-order valence-electron chi connectivity index (χ1n) is 8.50. The Labute approximate surface area is 166 Å². The molecule has 0 saturated carbocycles. The number of rotatable bonds is 11. The predicted octanol–water partition coefficient (Wildman–Crippen LogP) is 3.25. The third kappa shape index (κ3) is 5.13. The molecule has 2 aromatic rings. The number of hydrogen-bond acceptors (Lipinski definition) is 7. The van der Waals surface area contributed by atoms with E-state index < -0.39 is 8.15 Å². The summed E-state index contributed by atoms with van der Waals surface area (Å²) in [6.07, 6.45) is 0. The van der Waals surface area contributed by atoms with Gasteiger partial charge in [0, 0.05) is 24.5 Å². The lowest BCUT2D eigenvalue weighted by Crippen LogP contribution is -2.15. The molecule has 1 unspecified atom stereocenters. The molecular formula is C20H25O7P. The molecule has 2 aromatic carbocycles. The number of carbonyl (C=O) groups excluding carboxylic acids is 1. The van der Waals surface area contributed by atoms with Crippen molar-refractivity contribution in [3.05, 3.63) is 42.0 Å². The van der Waals surface area contributed by atoms with Gasteiger partial charge in [-0.25, -0.2) is 0 Å². The highest BCUT2D eigenvalue weighted by atomic mass is 31.1. The summed E-state index contributed by atoms with van der Waals surface area (Å²) < 4.78 is 32.3. The first-order valence-corrected chi connectivity index (χ1v) is 9.75. The number of methoxy groups -OCH3 is 5. The van der Waals surface area contributed by atoms with E-state index in [2.05, 4.69) is 0 Å². The summed E-state index contributed by atoms with van der Waals surface area (Å²) in [5.74, 6) is 1.94. The summed E-state index contributed by atoms with van der Waals surface area (Å²) in [5.41, 5.74) is 0.0813. The zero-order valence-corrected chi connectivity index (χ0v) is 17.6. The van der Waals surface area contributed by atoms with E-state index in [-0.39, 0.29) is 12.1 Å². The lowest BCUT2D eigenvalue weighted by molar-refractivity contribution is 0.105. The highest BCUT2D eigenvalue weighted by Gasteiger charge is 2.30. The summed E-state index contributed by atoms with van der Waals surface area (Å²) in [6.45, 7) is 0.653. The third-order valence-electron chi connectivity index (χ3n) is 3.93. The van der Waals surface area contributed by atoms with Gasteiger partial charge in [0.1, 0.15) is 36.7 Å². The molecule has 0 heterocycles. The minimum absolute atomic E-state index is 0.229. The van der Waals surface area contributed by atoms with E-state index in [1.807, 2.05) is 12.1 Å². The summed E-state index contributed by atoms with van der Waals surface area (Å²) in [7, 11) is 6.03. The van der Waals surface area contributed by atoms with Crippen LogP contribution in [0.2, 0.25) is 0 Å². The lowest BCUT2D eigenvalue weighted by Gasteiger charge is -2.20. The predicted molar refractivity (Wildman–Crippen MR) is 108 cm³/mol. The molecule has 0 spiro atoms. The molecule has 1 atom stereocenters. The van der Waals surface area contributed by atoms with E-state index in [9.17, 15) is 4.79 Å². The number of hydrogen-bond donors (Lipinski definition) is 0. The van der Waals surface area contributed by atoms with Gasteiger partial charge in [-0.05, 0) is 24.3 Å². The van der Waals surface area contributed by atoms with Crippen molar-refractivity contribution in [1.82, 2.24) is 0 Å². The number of benzene rings is 2. The molecule has 0 N–H and O–H groups in total. The minimum Gasteiger partial charge on any atom is -0.497 e. The van der Waals surface area contributed by atoms with Gasteiger partial charge in [-0.15, -0.1) is 0 Å². The fraction of sp³-hybridized carbons (Fsp3) is 0.350. The number of ether oxygens (including phenoxy) is 5. The van der Waals surface area contributed by atoms with E-state index in [0.717, 1.165) is 5.30 Å². The molecule has 8 heteroatoms. The van der Waals surface area contributed by atoms with Gasteiger partial charge in [-0.2, -0.15) is 0 Å². The van der Waals surface area contributed by atoms with Crippen LogP contribution in [0.4, 0.5) is 0 Å². The molecule has 0 radical (unpaired) electrons. The van der Waals surface area contributed by atoms with Crippen LogP contribution in [0.15, 0.2) is 36.4 Å². The van der Waals surface area contributed by atoms with E-state index in [1.165, 1.54) is 21.3 Å². The van der Waals surface area contributed by atoms with Gasteiger partial charge in [0.05, 0.1) is 41.7 Å². The summed E-state index contributed by atoms with van der Waals surface area (Å²) in [6, 6.07) is 10.5. The summed E-state index contributed by atoms with van der Waals surface area (Å²) in [5, 5.41) is 0.747. The maximum atomic E-state index is 13.5. The molecule has 0 aromatic heterocycles. The second-order valence-corrected chi connectivity index (χ2v) is 7.30. The molecule has 7 nitrogen and oxygen atoms in total. The highest BCUT2D eigenvalue weighted by Crippen LogP contribution is 2.46. The van der Waals surface area contributed by atoms with Crippen LogP contribution in [0.25, 0.3) is 0 Å². The molecule has 0 aliphatic carbocycles. The molecular weight excluding hydrogens is 383 g/mol. The standard InChI is InChI=1S/C20H25O7P/c1-22-10-11-27-28(16-8-6-14(23-2)7-9-16)20(21)19-17(25-4)12-15(24-3)13-18(19)26-5/h6-9,12-13H,10-11H2,1-5H3. The molecule has 152 valence electrons. The molecule has 28 heavy (non-hydrogen) atoms. The van der Waals surface area contributed by atoms with Gasteiger partial charge in [0.2, 0.25) is 5.52 Å². The fourth-order valence-corrected chi connectivity index (χ4v) is 4.10. The Bertz CT molecular complexity index is 752. The van der Waals surface area contributed by atoms with Crippen LogP contribution in [0, 0.1) is 0 Å². The van der Waals surface area contributed by atoms with Crippen LogP contribution in [0.1, 0.15) is 10.4 Å². The first kappa shape index (κ1) is 22.0. The molecule has 0 aliphatic heterocycles. The van der Waals surface area contributed by atoms with E-state index >= 15 is 0 Å². The molecule has 2 rings (SSSR count). The van der Waals surface area contributed by atoms with Gasteiger partial charge < -0.3 is 28.2 Å². The minimum atomic E-state index is -1.66. The third-order valence-corrected chi connectivity index (χ3v) is 5.73. The van der Waals surface area contributed by atoms with Crippen molar-refractivity contribution in [1.29, 1.82) is 0 Å². The molecule has 0 fully saturated rings. The van der Waals surface area contributed by atoms with Crippen molar-refractivity contribution in [2.45, 2.75) is 0 Å². The second kappa shape index (κ2) is 10.9.